The van der Waals surface area contributed by atoms with Gasteiger partial charge in [0.2, 0.25) is 5.91 Å². The summed E-state index contributed by atoms with van der Waals surface area (Å²) in [5.74, 6) is 0.870. The van der Waals surface area contributed by atoms with Gasteiger partial charge in [0.05, 0.1) is 0 Å². The largest absolute Gasteiger partial charge is 0.353 e. The summed E-state index contributed by atoms with van der Waals surface area (Å²) in [6.07, 6.45) is 3.41. The van der Waals surface area contributed by atoms with Crippen molar-refractivity contribution in [3.63, 3.8) is 0 Å². The summed E-state index contributed by atoms with van der Waals surface area (Å²) >= 11 is 0. The minimum atomic E-state index is 0.180. The van der Waals surface area contributed by atoms with Gasteiger partial charge in [0.1, 0.15) is 0 Å². The molecule has 1 saturated carbocycles. The summed E-state index contributed by atoms with van der Waals surface area (Å²) in [6, 6.07) is 10.6. The molecule has 0 radical (unpaired) electrons. The number of rotatable bonds is 4. The van der Waals surface area contributed by atoms with Crippen LogP contribution in [0.2, 0.25) is 0 Å². The monoisotopic (exact) mass is 286 g/mol. The van der Waals surface area contributed by atoms with Crippen molar-refractivity contribution < 1.29 is 4.79 Å². The number of amides is 1. The van der Waals surface area contributed by atoms with Crippen LogP contribution in [0.5, 0.6) is 0 Å². The molecule has 2 N–H and O–H groups in total. The molecule has 21 heavy (non-hydrogen) atoms. The summed E-state index contributed by atoms with van der Waals surface area (Å²) in [6.45, 7) is 6.44. The fourth-order valence-corrected chi connectivity index (χ4v) is 3.69. The van der Waals surface area contributed by atoms with Crippen molar-refractivity contribution in [3.05, 3.63) is 35.9 Å². The van der Waals surface area contributed by atoms with Crippen LogP contribution >= 0.6 is 0 Å². The van der Waals surface area contributed by atoms with E-state index >= 15 is 0 Å². The first-order valence-electron chi connectivity index (χ1n) is 8.18. The Morgan fingerprint density at radius 3 is 2.57 bits per heavy atom. The van der Waals surface area contributed by atoms with Gasteiger partial charge in [-0.1, -0.05) is 37.3 Å². The SMILES string of the molecule is CC(NC(=O)C1CC12CCNCC2)C(C)c1ccccc1. The van der Waals surface area contributed by atoms with E-state index in [1.54, 1.807) is 0 Å². The Morgan fingerprint density at radius 2 is 1.90 bits per heavy atom. The van der Waals surface area contributed by atoms with Crippen LogP contribution in [0.25, 0.3) is 0 Å². The maximum Gasteiger partial charge on any atom is 0.223 e. The normalized spacial score (nSPS) is 26.1. The van der Waals surface area contributed by atoms with Gasteiger partial charge in [-0.05, 0) is 50.3 Å². The minimum Gasteiger partial charge on any atom is -0.353 e. The van der Waals surface area contributed by atoms with Crippen molar-refractivity contribution in [1.29, 1.82) is 0 Å². The third-order valence-corrected chi connectivity index (χ3v) is 5.55. The molecule has 1 aromatic carbocycles. The molecule has 3 heteroatoms. The van der Waals surface area contributed by atoms with Crippen LogP contribution < -0.4 is 10.6 Å². The molecule has 2 aliphatic rings. The highest BCUT2D eigenvalue weighted by atomic mass is 16.2. The maximum absolute atomic E-state index is 12.5. The van der Waals surface area contributed by atoms with E-state index in [0.717, 1.165) is 32.4 Å². The van der Waals surface area contributed by atoms with E-state index in [2.05, 4.69) is 48.7 Å². The zero-order valence-electron chi connectivity index (χ0n) is 13.1. The van der Waals surface area contributed by atoms with Crippen molar-refractivity contribution in [3.8, 4) is 0 Å². The molecule has 1 aliphatic carbocycles. The Labute approximate surface area is 127 Å². The molecule has 1 heterocycles. The number of nitrogens with one attached hydrogen (secondary N) is 2. The fraction of sp³-hybridized carbons (Fsp3) is 0.611. The lowest BCUT2D eigenvalue weighted by Crippen LogP contribution is -2.39. The van der Waals surface area contributed by atoms with Gasteiger partial charge in [0, 0.05) is 17.9 Å². The number of carbonyl (C=O) groups excluding carboxylic acids is 1. The number of benzene rings is 1. The second-order valence-corrected chi connectivity index (χ2v) is 6.87. The van der Waals surface area contributed by atoms with Crippen LogP contribution in [0.15, 0.2) is 30.3 Å². The third kappa shape index (κ3) is 2.98. The second-order valence-electron chi connectivity index (χ2n) is 6.87. The van der Waals surface area contributed by atoms with Crippen LogP contribution in [0.4, 0.5) is 0 Å². The van der Waals surface area contributed by atoms with Gasteiger partial charge in [-0.3, -0.25) is 4.79 Å². The molecule has 114 valence electrons. The molecule has 3 nitrogen and oxygen atoms in total. The first-order valence-corrected chi connectivity index (χ1v) is 8.18. The van der Waals surface area contributed by atoms with Crippen molar-refractivity contribution in [2.75, 3.05) is 13.1 Å². The number of carbonyl (C=O) groups is 1. The summed E-state index contributed by atoms with van der Waals surface area (Å²) in [4.78, 5) is 12.5. The molecule has 0 bridgehead atoms. The van der Waals surface area contributed by atoms with Gasteiger partial charge in [0.15, 0.2) is 0 Å². The average molecular weight is 286 g/mol. The van der Waals surface area contributed by atoms with E-state index in [1.807, 2.05) is 6.07 Å². The molecule has 1 aliphatic heterocycles. The molecule has 3 rings (SSSR count). The van der Waals surface area contributed by atoms with Crippen molar-refractivity contribution in [2.24, 2.45) is 11.3 Å². The van der Waals surface area contributed by atoms with E-state index < -0.39 is 0 Å². The van der Waals surface area contributed by atoms with E-state index in [-0.39, 0.29) is 17.9 Å². The van der Waals surface area contributed by atoms with Crippen LogP contribution in [0.3, 0.4) is 0 Å². The molecule has 2 fully saturated rings. The summed E-state index contributed by atoms with van der Waals surface area (Å²) < 4.78 is 0. The lowest BCUT2D eigenvalue weighted by atomic mass is 9.91. The summed E-state index contributed by atoms with van der Waals surface area (Å²) in [7, 11) is 0. The van der Waals surface area contributed by atoms with Gasteiger partial charge in [-0.25, -0.2) is 0 Å². The van der Waals surface area contributed by atoms with Gasteiger partial charge in [0.25, 0.3) is 0 Å². The third-order valence-electron chi connectivity index (χ3n) is 5.55. The predicted molar refractivity (Wildman–Crippen MR) is 85.1 cm³/mol. The predicted octanol–water partition coefficient (Wildman–Crippen LogP) is 2.68. The van der Waals surface area contributed by atoms with Crippen LogP contribution in [-0.2, 0) is 4.79 Å². The summed E-state index contributed by atoms with van der Waals surface area (Å²) in [5, 5.41) is 6.64. The molecule has 0 aromatic heterocycles. The lowest BCUT2D eigenvalue weighted by molar-refractivity contribution is -0.124. The first kappa shape index (κ1) is 14.6. The van der Waals surface area contributed by atoms with E-state index in [9.17, 15) is 4.79 Å². The fourth-order valence-electron chi connectivity index (χ4n) is 3.69. The number of hydrogen-bond donors (Lipinski definition) is 2. The molecule has 3 unspecified atom stereocenters. The van der Waals surface area contributed by atoms with E-state index in [0.29, 0.717) is 11.3 Å². The Bertz CT molecular complexity index is 493. The smallest absolute Gasteiger partial charge is 0.223 e. The summed E-state index contributed by atoms with van der Waals surface area (Å²) in [5.41, 5.74) is 1.61. The van der Waals surface area contributed by atoms with E-state index in [1.165, 1.54) is 5.56 Å². The molecule has 1 saturated heterocycles. The van der Waals surface area contributed by atoms with Gasteiger partial charge < -0.3 is 10.6 Å². The van der Waals surface area contributed by atoms with Gasteiger partial charge >= 0.3 is 0 Å². The Kier molecular flexibility index (Phi) is 4.03. The minimum absolute atomic E-state index is 0.180. The zero-order valence-corrected chi connectivity index (χ0v) is 13.1. The van der Waals surface area contributed by atoms with E-state index in [4.69, 9.17) is 0 Å². The quantitative estimate of drug-likeness (QED) is 0.893. The maximum atomic E-state index is 12.5. The lowest BCUT2D eigenvalue weighted by Gasteiger charge is -2.25. The molecular formula is C18H26N2O. The molecular weight excluding hydrogens is 260 g/mol. The Balaban J connectivity index is 1.56. The topological polar surface area (TPSA) is 41.1 Å². The van der Waals surface area contributed by atoms with Gasteiger partial charge in [-0.15, -0.1) is 0 Å². The molecule has 1 amide bonds. The van der Waals surface area contributed by atoms with Crippen molar-refractivity contribution >= 4 is 5.91 Å². The average Bonchev–Trinajstić information content (AvgIpc) is 3.21. The highest BCUT2D eigenvalue weighted by Crippen LogP contribution is 2.58. The van der Waals surface area contributed by atoms with Crippen molar-refractivity contribution in [2.45, 2.75) is 45.1 Å². The van der Waals surface area contributed by atoms with Crippen LogP contribution in [0, 0.1) is 11.3 Å². The number of hydrogen-bond acceptors (Lipinski definition) is 2. The standard InChI is InChI=1S/C18H26N2O/c1-13(15-6-4-3-5-7-15)14(2)20-17(21)16-12-18(16)8-10-19-11-9-18/h3-7,13-14,16,19H,8-12H2,1-2H3,(H,20,21). The van der Waals surface area contributed by atoms with Gasteiger partial charge in [-0.2, -0.15) is 0 Å². The zero-order chi connectivity index (χ0) is 14.9. The molecule has 3 atom stereocenters. The highest BCUT2D eigenvalue weighted by Gasteiger charge is 2.57. The number of piperidine rings is 1. The second kappa shape index (κ2) is 5.80. The van der Waals surface area contributed by atoms with Crippen LogP contribution in [-0.4, -0.2) is 25.0 Å². The van der Waals surface area contributed by atoms with Crippen molar-refractivity contribution in [1.82, 2.24) is 10.6 Å². The molecule has 1 aromatic rings. The van der Waals surface area contributed by atoms with Crippen LogP contribution in [0.1, 0.15) is 44.6 Å². The first-order chi connectivity index (χ1) is 10.1. The Hall–Kier alpha value is -1.35. The Morgan fingerprint density at radius 1 is 1.24 bits per heavy atom. The molecule has 1 spiro atoms. The highest BCUT2D eigenvalue weighted by molar-refractivity contribution is 5.83.